The average Bonchev–Trinajstić information content (AvgIpc) is 2.62. The molecule has 0 aliphatic heterocycles. The number of ether oxygens (including phenoxy) is 2. The summed E-state index contributed by atoms with van der Waals surface area (Å²) in [6.07, 6.45) is 1.30. The van der Waals surface area contributed by atoms with Gasteiger partial charge in [-0.3, -0.25) is 5.32 Å². The minimum Gasteiger partial charge on any atom is -0.489 e. The lowest BCUT2D eigenvalue weighted by Crippen LogP contribution is -2.14. The van der Waals surface area contributed by atoms with Crippen molar-refractivity contribution in [1.29, 1.82) is 0 Å². The molecule has 134 valence electrons. The van der Waals surface area contributed by atoms with Gasteiger partial charge in [0.05, 0.1) is 12.8 Å². The first-order valence-electron chi connectivity index (χ1n) is 8.68. The maximum Gasteiger partial charge on any atom is 0.411 e. The molecular formula is C21H27NO3. The Balaban J connectivity index is 2.31. The van der Waals surface area contributed by atoms with E-state index in [1.54, 1.807) is 0 Å². The molecule has 1 N–H and O–H groups in total. The summed E-state index contributed by atoms with van der Waals surface area (Å²) >= 11 is 0. The van der Waals surface area contributed by atoms with E-state index in [-0.39, 0.29) is 0 Å². The van der Waals surface area contributed by atoms with Crippen molar-refractivity contribution < 1.29 is 14.3 Å². The molecule has 0 atom stereocenters. The highest BCUT2D eigenvalue weighted by atomic mass is 16.5. The number of hydrogen-bond donors (Lipinski definition) is 1. The fraction of sp³-hybridized carbons (Fsp3) is 0.381. The Morgan fingerprint density at radius 3 is 2.36 bits per heavy atom. The van der Waals surface area contributed by atoms with Crippen molar-refractivity contribution in [1.82, 2.24) is 0 Å². The van der Waals surface area contributed by atoms with Gasteiger partial charge in [0.2, 0.25) is 0 Å². The van der Waals surface area contributed by atoms with E-state index < -0.39 is 6.09 Å². The summed E-state index contributed by atoms with van der Waals surface area (Å²) in [4.78, 5) is 11.6. The molecule has 0 heterocycles. The Hall–Kier alpha value is -2.49. The van der Waals surface area contributed by atoms with Gasteiger partial charge in [0, 0.05) is 5.56 Å². The van der Waals surface area contributed by atoms with E-state index in [2.05, 4.69) is 51.2 Å². The quantitative estimate of drug-likeness (QED) is 0.787. The molecule has 0 saturated heterocycles. The van der Waals surface area contributed by atoms with E-state index >= 15 is 0 Å². The second-order valence-electron chi connectivity index (χ2n) is 6.10. The number of methoxy groups -OCH3 is 1. The van der Waals surface area contributed by atoms with Crippen LogP contribution < -0.4 is 10.1 Å². The second kappa shape index (κ2) is 8.56. The van der Waals surface area contributed by atoms with Crippen LogP contribution >= 0.6 is 0 Å². The summed E-state index contributed by atoms with van der Waals surface area (Å²) in [5.41, 5.74) is 6.54. The zero-order valence-electron chi connectivity index (χ0n) is 15.7. The summed E-state index contributed by atoms with van der Waals surface area (Å²) in [6.45, 7) is 8.82. The van der Waals surface area contributed by atoms with Gasteiger partial charge in [0.15, 0.2) is 0 Å². The van der Waals surface area contributed by atoms with E-state index in [9.17, 15) is 4.79 Å². The number of carbonyl (C=O) groups excluding carboxylic acids is 1. The molecule has 25 heavy (non-hydrogen) atoms. The number of rotatable bonds is 6. The Morgan fingerprint density at radius 1 is 1.04 bits per heavy atom. The van der Waals surface area contributed by atoms with Gasteiger partial charge in [-0.15, -0.1) is 0 Å². The number of nitrogens with one attached hydrogen (secondary N) is 1. The van der Waals surface area contributed by atoms with Gasteiger partial charge in [-0.2, -0.15) is 0 Å². The lowest BCUT2D eigenvalue weighted by Gasteiger charge is -2.17. The van der Waals surface area contributed by atoms with E-state index in [1.807, 2.05) is 12.1 Å². The van der Waals surface area contributed by atoms with Crippen molar-refractivity contribution >= 4 is 11.8 Å². The van der Waals surface area contributed by atoms with Crippen LogP contribution in [-0.4, -0.2) is 13.2 Å². The van der Waals surface area contributed by atoms with E-state index in [4.69, 9.17) is 9.47 Å². The number of anilines is 1. The predicted octanol–water partition coefficient (Wildman–Crippen LogP) is 5.19. The highest BCUT2D eigenvalue weighted by Crippen LogP contribution is 2.27. The fourth-order valence-corrected chi connectivity index (χ4v) is 2.82. The zero-order chi connectivity index (χ0) is 18.4. The molecule has 0 aliphatic carbocycles. The van der Waals surface area contributed by atoms with Gasteiger partial charge < -0.3 is 9.47 Å². The monoisotopic (exact) mass is 341 g/mol. The van der Waals surface area contributed by atoms with E-state index in [1.165, 1.54) is 23.8 Å². The Kier molecular flexibility index (Phi) is 6.45. The third kappa shape index (κ3) is 4.53. The van der Waals surface area contributed by atoms with Crippen LogP contribution in [0.2, 0.25) is 0 Å². The first-order valence-corrected chi connectivity index (χ1v) is 8.68. The maximum atomic E-state index is 11.6. The van der Waals surface area contributed by atoms with Crippen LogP contribution in [0, 0.1) is 13.8 Å². The Morgan fingerprint density at radius 2 is 1.72 bits per heavy atom. The normalized spacial score (nSPS) is 10.4. The van der Waals surface area contributed by atoms with Crippen molar-refractivity contribution in [2.75, 3.05) is 12.4 Å². The molecule has 1 amide bonds. The van der Waals surface area contributed by atoms with Crippen molar-refractivity contribution in [3.63, 3.8) is 0 Å². The van der Waals surface area contributed by atoms with Crippen LogP contribution in [-0.2, 0) is 24.2 Å². The second-order valence-corrected chi connectivity index (χ2v) is 6.10. The standard InChI is InChI=1S/C21H27NO3/c1-6-16-9-8-10-19(22-21(23)24-5)18(16)13-25-20-12-15(4)14(3)11-17(20)7-2/h8-12H,6-7,13H2,1-5H3,(H,22,23). The van der Waals surface area contributed by atoms with Gasteiger partial charge >= 0.3 is 6.09 Å². The van der Waals surface area contributed by atoms with Crippen LogP contribution in [0.15, 0.2) is 30.3 Å². The predicted molar refractivity (Wildman–Crippen MR) is 101 cm³/mol. The third-order valence-corrected chi connectivity index (χ3v) is 4.51. The molecule has 0 aliphatic rings. The highest BCUT2D eigenvalue weighted by molar-refractivity contribution is 5.85. The van der Waals surface area contributed by atoms with Gasteiger partial charge in [-0.1, -0.05) is 32.0 Å². The first-order chi connectivity index (χ1) is 12.0. The van der Waals surface area contributed by atoms with Crippen molar-refractivity contribution in [2.45, 2.75) is 47.1 Å². The lowest BCUT2D eigenvalue weighted by atomic mass is 10.0. The van der Waals surface area contributed by atoms with Crippen LogP contribution in [0.3, 0.4) is 0 Å². The van der Waals surface area contributed by atoms with Gasteiger partial charge in [0.25, 0.3) is 0 Å². The smallest absolute Gasteiger partial charge is 0.411 e. The third-order valence-electron chi connectivity index (χ3n) is 4.51. The minimum absolute atomic E-state index is 0.402. The number of aryl methyl sites for hydroxylation is 4. The summed E-state index contributed by atoms with van der Waals surface area (Å²) in [6, 6.07) is 10.1. The molecule has 4 heteroatoms. The zero-order valence-corrected chi connectivity index (χ0v) is 15.7. The molecule has 2 aromatic rings. The van der Waals surface area contributed by atoms with Gasteiger partial charge in [0.1, 0.15) is 12.4 Å². The van der Waals surface area contributed by atoms with Gasteiger partial charge in [-0.05, 0) is 61.1 Å². The number of amides is 1. The molecule has 0 fully saturated rings. The molecule has 0 radical (unpaired) electrons. The summed E-state index contributed by atoms with van der Waals surface area (Å²) in [5, 5.41) is 2.78. The van der Waals surface area contributed by atoms with Gasteiger partial charge in [-0.25, -0.2) is 4.79 Å². The molecule has 2 aromatic carbocycles. The Labute approximate surface area is 150 Å². The number of benzene rings is 2. The van der Waals surface area contributed by atoms with E-state index in [0.717, 1.165) is 35.4 Å². The molecular weight excluding hydrogens is 314 g/mol. The molecule has 0 spiro atoms. The van der Waals surface area contributed by atoms with Crippen LogP contribution in [0.1, 0.15) is 41.7 Å². The largest absolute Gasteiger partial charge is 0.489 e. The molecule has 0 aromatic heterocycles. The van der Waals surface area contributed by atoms with Crippen molar-refractivity contribution in [3.05, 3.63) is 58.1 Å². The molecule has 2 rings (SSSR count). The molecule has 0 unspecified atom stereocenters. The first kappa shape index (κ1) is 18.8. The minimum atomic E-state index is -0.477. The summed E-state index contributed by atoms with van der Waals surface area (Å²) in [7, 11) is 1.36. The number of carbonyl (C=O) groups is 1. The topological polar surface area (TPSA) is 47.6 Å². The lowest BCUT2D eigenvalue weighted by molar-refractivity contribution is 0.187. The molecule has 0 saturated carbocycles. The fourth-order valence-electron chi connectivity index (χ4n) is 2.82. The maximum absolute atomic E-state index is 11.6. The van der Waals surface area contributed by atoms with Crippen molar-refractivity contribution in [2.24, 2.45) is 0 Å². The molecule has 4 nitrogen and oxygen atoms in total. The summed E-state index contributed by atoms with van der Waals surface area (Å²) < 4.78 is 10.9. The van der Waals surface area contributed by atoms with Crippen molar-refractivity contribution in [3.8, 4) is 5.75 Å². The Bertz CT molecular complexity index is 753. The van der Waals surface area contributed by atoms with Crippen LogP contribution in [0.25, 0.3) is 0 Å². The summed E-state index contributed by atoms with van der Waals surface area (Å²) in [5.74, 6) is 0.903. The SMILES string of the molecule is CCc1cc(C)c(C)cc1OCc1c(CC)cccc1NC(=O)OC. The van der Waals surface area contributed by atoms with Crippen LogP contribution in [0.4, 0.5) is 10.5 Å². The average molecular weight is 341 g/mol. The number of hydrogen-bond acceptors (Lipinski definition) is 3. The molecule has 0 bridgehead atoms. The van der Waals surface area contributed by atoms with E-state index in [0.29, 0.717) is 6.61 Å². The van der Waals surface area contributed by atoms with Crippen LogP contribution in [0.5, 0.6) is 5.75 Å². The highest BCUT2D eigenvalue weighted by Gasteiger charge is 2.13.